The van der Waals surface area contributed by atoms with Crippen molar-refractivity contribution < 1.29 is 9.53 Å². The van der Waals surface area contributed by atoms with Gasteiger partial charge < -0.3 is 10.1 Å². The fourth-order valence-corrected chi connectivity index (χ4v) is 3.42. The summed E-state index contributed by atoms with van der Waals surface area (Å²) in [5.41, 5.74) is 4.28. The van der Waals surface area contributed by atoms with Gasteiger partial charge in [-0.05, 0) is 43.7 Å². The Balaban J connectivity index is 1.57. The highest BCUT2D eigenvalue weighted by atomic mass is 35.5. The van der Waals surface area contributed by atoms with E-state index >= 15 is 0 Å². The number of nitrogens with zero attached hydrogens (tertiary/aromatic N) is 3. The fraction of sp³-hybridized carbons (Fsp3) is 0.160. The average Bonchev–Trinajstić information content (AvgIpc) is 3.24. The molecule has 1 heterocycles. The first-order valence-corrected chi connectivity index (χ1v) is 10.8. The molecule has 6 nitrogen and oxygen atoms in total. The van der Waals surface area contributed by atoms with Gasteiger partial charge in [-0.3, -0.25) is 4.79 Å². The number of benzene rings is 3. The molecule has 0 fully saturated rings. The number of carbonyl (C=O) groups excluding carboxylic acids is 1. The van der Waals surface area contributed by atoms with Crippen molar-refractivity contribution in [3.63, 3.8) is 0 Å². The number of halogens is 1. The summed E-state index contributed by atoms with van der Waals surface area (Å²) in [4.78, 5) is 17.1. The minimum atomic E-state index is -0.770. The van der Waals surface area contributed by atoms with Crippen molar-refractivity contribution in [1.82, 2.24) is 14.8 Å². The van der Waals surface area contributed by atoms with Gasteiger partial charge in [0, 0.05) is 11.3 Å². The van der Waals surface area contributed by atoms with E-state index in [2.05, 4.69) is 15.4 Å². The summed E-state index contributed by atoms with van der Waals surface area (Å²) in [6.07, 6.45) is 0. The molecule has 3 aromatic carbocycles. The molecule has 0 radical (unpaired) electrons. The van der Waals surface area contributed by atoms with Crippen LogP contribution in [0.5, 0.6) is 6.01 Å². The molecule has 0 bridgehead atoms. The van der Waals surface area contributed by atoms with Crippen LogP contribution in [0.3, 0.4) is 0 Å². The lowest BCUT2D eigenvalue weighted by molar-refractivity contribution is -0.116. The second kappa shape index (κ2) is 9.66. The van der Waals surface area contributed by atoms with E-state index in [1.165, 1.54) is 0 Å². The zero-order chi connectivity index (χ0) is 22.5. The van der Waals surface area contributed by atoms with E-state index < -0.39 is 5.38 Å². The number of aromatic nitrogens is 3. The molecule has 1 atom stereocenters. The lowest BCUT2D eigenvalue weighted by atomic mass is 10.1. The van der Waals surface area contributed by atoms with E-state index in [0.29, 0.717) is 24.1 Å². The van der Waals surface area contributed by atoms with Crippen LogP contribution in [0, 0.1) is 6.92 Å². The van der Waals surface area contributed by atoms with Crippen LogP contribution in [-0.2, 0) is 4.79 Å². The van der Waals surface area contributed by atoms with Crippen molar-refractivity contribution in [2.24, 2.45) is 0 Å². The van der Waals surface area contributed by atoms with Crippen LogP contribution < -0.4 is 10.1 Å². The lowest BCUT2D eigenvalue weighted by Crippen LogP contribution is -2.17. The second-order valence-electron chi connectivity index (χ2n) is 7.24. The number of hydrogen-bond donors (Lipinski definition) is 1. The SMILES string of the molecule is CCOc1nc(-c2ccc(C)cc2)n(-c2ccc(NC(=O)C(Cl)c3ccccc3)cc2)n1. The Hall–Kier alpha value is -3.64. The van der Waals surface area contributed by atoms with Crippen LogP contribution >= 0.6 is 11.6 Å². The molecule has 1 amide bonds. The minimum Gasteiger partial charge on any atom is -0.463 e. The van der Waals surface area contributed by atoms with Gasteiger partial charge >= 0.3 is 6.01 Å². The summed E-state index contributed by atoms with van der Waals surface area (Å²) in [7, 11) is 0. The molecule has 1 unspecified atom stereocenters. The molecular formula is C25H23ClN4O2. The number of rotatable bonds is 7. The van der Waals surface area contributed by atoms with Crippen LogP contribution in [0.25, 0.3) is 17.1 Å². The lowest BCUT2D eigenvalue weighted by Gasteiger charge is -2.12. The highest BCUT2D eigenvalue weighted by Crippen LogP contribution is 2.26. The first-order valence-electron chi connectivity index (χ1n) is 10.3. The molecule has 0 aliphatic rings. The largest absolute Gasteiger partial charge is 0.463 e. The number of hydrogen-bond acceptors (Lipinski definition) is 4. The Bertz CT molecular complexity index is 1190. The Morgan fingerprint density at radius 1 is 1.03 bits per heavy atom. The van der Waals surface area contributed by atoms with Crippen LogP contribution in [-0.4, -0.2) is 27.3 Å². The van der Waals surface area contributed by atoms with Gasteiger partial charge in [0.1, 0.15) is 5.38 Å². The smallest absolute Gasteiger partial charge is 0.336 e. The molecule has 4 aromatic rings. The number of aryl methyl sites for hydroxylation is 1. The number of nitrogens with one attached hydrogen (secondary N) is 1. The van der Waals surface area contributed by atoms with Gasteiger partial charge in [-0.1, -0.05) is 60.2 Å². The van der Waals surface area contributed by atoms with E-state index in [0.717, 1.165) is 22.4 Å². The number of alkyl halides is 1. The molecule has 0 aliphatic heterocycles. The van der Waals surface area contributed by atoms with E-state index in [4.69, 9.17) is 16.3 Å². The highest BCUT2D eigenvalue weighted by Gasteiger charge is 2.18. The molecule has 0 aliphatic carbocycles. The maximum Gasteiger partial charge on any atom is 0.336 e. The third kappa shape index (κ3) is 4.81. The van der Waals surface area contributed by atoms with Crippen molar-refractivity contribution >= 4 is 23.2 Å². The van der Waals surface area contributed by atoms with E-state index in [-0.39, 0.29) is 5.91 Å². The van der Waals surface area contributed by atoms with Gasteiger partial charge in [-0.2, -0.15) is 4.98 Å². The number of anilines is 1. The normalized spacial score (nSPS) is 11.7. The maximum atomic E-state index is 12.5. The maximum absolute atomic E-state index is 12.5. The van der Waals surface area contributed by atoms with E-state index in [1.54, 1.807) is 4.68 Å². The number of ether oxygens (including phenoxy) is 1. The summed E-state index contributed by atoms with van der Waals surface area (Å²) in [5, 5.41) is 6.59. The minimum absolute atomic E-state index is 0.287. The summed E-state index contributed by atoms with van der Waals surface area (Å²) < 4.78 is 7.26. The van der Waals surface area contributed by atoms with Gasteiger partial charge in [0.2, 0.25) is 5.91 Å². The molecule has 7 heteroatoms. The molecule has 4 rings (SSSR count). The van der Waals surface area contributed by atoms with Gasteiger partial charge in [0.25, 0.3) is 0 Å². The monoisotopic (exact) mass is 446 g/mol. The van der Waals surface area contributed by atoms with Crippen LogP contribution in [0.2, 0.25) is 0 Å². The van der Waals surface area contributed by atoms with Gasteiger partial charge in [0.05, 0.1) is 12.3 Å². The summed E-state index contributed by atoms with van der Waals surface area (Å²) in [6, 6.07) is 25.0. The predicted molar refractivity (Wildman–Crippen MR) is 126 cm³/mol. The van der Waals surface area contributed by atoms with Crippen LogP contribution in [0.1, 0.15) is 23.4 Å². The van der Waals surface area contributed by atoms with Crippen molar-refractivity contribution in [3.05, 3.63) is 90.0 Å². The second-order valence-corrected chi connectivity index (χ2v) is 7.67. The molecule has 1 aromatic heterocycles. The van der Waals surface area contributed by atoms with Crippen molar-refractivity contribution in [2.75, 3.05) is 11.9 Å². The van der Waals surface area contributed by atoms with Crippen LogP contribution in [0.4, 0.5) is 5.69 Å². The van der Waals surface area contributed by atoms with Crippen molar-refractivity contribution in [1.29, 1.82) is 0 Å². The molecule has 0 saturated heterocycles. The van der Waals surface area contributed by atoms with E-state index in [9.17, 15) is 4.79 Å². The van der Waals surface area contributed by atoms with Crippen molar-refractivity contribution in [2.45, 2.75) is 19.2 Å². The Labute approximate surface area is 191 Å². The highest BCUT2D eigenvalue weighted by molar-refractivity contribution is 6.32. The standard InChI is InChI=1S/C25H23ClN4O2/c1-3-32-25-28-23(19-11-9-17(2)10-12-19)30(29-25)21-15-13-20(14-16-21)27-24(31)22(26)18-7-5-4-6-8-18/h4-16,22H,3H2,1-2H3,(H,27,31). The third-order valence-electron chi connectivity index (χ3n) is 4.87. The van der Waals surface area contributed by atoms with Gasteiger partial charge in [0.15, 0.2) is 5.82 Å². The Morgan fingerprint density at radius 2 is 1.72 bits per heavy atom. The number of carbonyl (C=O) groups is 1. The topological polar surface area (TPSA) is 69.0 Å². The molecule has 162 valence electrons. The van der Waals surface area contributed by atoms with E-state index in [1.807, 2.05) is 92.7 Å². The fourth-order valence-electron chi connectivity index (χ4n) is 3.22. The number of amides is 1. The molecule has 0 spiro atoms. The summed E-state index contributed by atoms with van der Waals surface area (Å²) in [6.45, 7) is 4.41. The quantitative estimate of drug-likeness (QED) is 0.377. The Morgan fingerprint density at radius 3 is 2.38 bits per heavy atom. The molecule has 32 heavy (non-hydrogen) atoms. The summed E-state index contributed by atoms with van der Waals surface area (Å²) in [5.74, 6) is 0.389. The van der Waals surface area contributed by atoms with Gasteiger partial charge in [-0.15, -0.1) is 16.7 Å². The first-order chi connectivity index (χ1) is 15.5. The average molecular weight is 447 g/mol. The first kappa shape index (κ1) is 21.6. The predicted octanol–water partition coefficient (Wildman–Crippen LogP) is 5.56. The third-order valence-corrected chi connectivity index (χ3v) is 5.32. The zero-order valence-electron chi connectivity index (χ0n) is 17.8. The molecular weight excluding hydrogens is 424 g/mol. The Kier molecular flexibility index (Phi) is 6.52. The van der Waals surface area contributed by atoms with Gasteiger partial charge in [-0.25, -0.2) is 4.68 Å². The van der Waals surface area contributed by atoms with Crippen LogP contribution in [0.15, 0.2) is 78.9 Å². The molecule has 0 saturated carbocycles. The zero-order valence-corrected chi connectivity index (χ0v) is 18.6. The summed E-state index contributed by atoms with van der Waals surface area (Å²) >= 11 is 6.32. The molecule has 1 N–H and O–H groups in total. The van der Waals surface area contributed by atoms with Crippen molar-refractivity contribution in [3.8, 4) is 23.1 Å².